The molecular formula is C19H25N2OS+. The molecule has 0 bridgehead atoms. The summed E-state index contributed by atoms with van der Waals surface area (Å²) < 4.78 is 0. The molecule has 0 saturated heterocycles. The minimum absolute atomic E-state index is 0.0380. The van der Waals surface area contributed by atoms with E-state index in [1.54, 1.807) is 16.2 Å². The minimum Gasteiger partial charge on any atom is -0.349 e. The highest BCUT2D eigenvalue weighted by molar-refractivity contribution is 7.10. The van der Waals surface area contributed by atoms with Gasteiger partial charge in [-0.05, 0) is 17.0 Å². The van der Waals surface area contributed by atoms with Crippen LogP contribution in [0.15, 0.2) is 41.8 Å². The van der Waals surface area contributed by atoms with Gasteiger partial charge in [0.1, 0.15) is 12.6 Å². The van der Waals surface area contributed by atoms with Crippen LogP contribution < -0.4 is 10.2 Å². The smallest absolute Gasteiger partial charge is 0.222 e. The Morgan fingerprint density at radius 2 is 2.00 bits per heavy atom. The van der Waals surface area contributed by atoms with Crippen LogP contribution in [-0.2, 0) is 17.8 Å². The van der Waals surface area contributed by atoms with Crippen molar-refractivity contribution in [3.63, 3.8) is 0 Å². The molecule has 0 spiro atoms. The average molecular weight is 329 g/mol. The van der Waals surface area contributed by atoms with Gasteiger partial charge in [-0.15, -0.1) is 11.3 Å². The van der Waals surface area contributed by atoms with Crippen molar-refractivity contribution in [1.29, 1.82) is 0 Å². The molecular weight excluding hydrogens is 304 g/mol. The van der Waals surface area contributed by atoms with Crippen LogP contribution in [0.5, 0.6) is 0 Å². The highest BCUT2D eigenvalue weighted by Gasteiger charge is 2.29. The highest BCUT2D eigenvalue weighted by atomic mass is 32.1. The van der Waals surface area contributed by atoms with E-state index in [9.17, 15) is 4.79 Å². The molecule has 122 valence electrons. The number of carbonyl (C=O) groups excluding carboxylic acids is 1. The number of hydrogen-bond donors (Lipinski definition) is 2. The summed E-state index contributed by atoms with van der Waals surface area (Å²) in [6.45, 7) is 6.77. The van der Waals surface area contributed by atoms with Crippen LogP contribution in [0.1, 0.15) is 35.9 Å². The fourth-order valence-corrected chi connectivity index (χ4v) is 4.13. The monoisotopic (exact) mass is 329 g/mol. The molecule has 2 atom stereocenters. The van der Waals surface area contributed by atoms with Crippen LogP contribution >= 0.6 is 11.3 Å². The van der Waals surface area contributed by atoms with Crippen molar-refractivity contribution in [3.05, 3.63) is 57.8 Å². The van der Waals surface area contributed by atoms with Crippen LogP contribution in [0.3, 0.4) is 0 Å². The summed E-state index contributed by atoms with van der Waals surface area (Å²) in [5.74, 6) is 0.180. The first-order valence-corrected chi connectivity index (χ1v) is 9.25. The Bertz CT molecular complexity index is 651. The van der Waals surface area contributed by atoms with Gasteiger partial charge in [-0.1, -0.05) is 44.2 Å². The zero-order valence-electron chi connectivity index (χ0n) is 13.8. The molecule has 1 aromatic carbocycles. The maximum atomic E-state index is 12.0. The van der Waals surface area contributed by atoms with Crippen molar-refractivity contribution in [3.8, 4) is 0 Å². The number of fused-ring (bicyclic) bond motifs is 1. The van der Waals surface area contributed by atoms with Gasteiger partial charge in [-0.3, -0.25) is 4.79 Å². The van der Waals surface area contributed by atoms with Gasteiger partial charge in [0.25, 0.3) is 0 Å². The maximum Gasteiger partial charge on any atom is 0.222 e. The second-order valence-electron chi connectivity index (χ2n) is 6.57. The molecule has 0 saturated carbocycles. The SMILES string of the molecule is CC(C)C(=O)NC[C@H](c1cccs1)[NH+]1CCc2ccccc2C1. The molecule has 2 aromatic rings. The quantitative estimate of drug-likeness (QED) is 0.866. The van der Waals surface area contributed by atoms with E-state index in [0.29, 0.717) is 6.04 Å². The first kappa shape index (κ1) is 16.2. The van der Waals surface area contributed by atoms with E-state index in [-0.39, 0.29) is 11.8 Å². The Kier molecular flexibility index (Phi) is 5.13. The van der Waals surface area contributed by atoms with Crippen LogP contribution in [0.25, 0.3) is 0 Å². The third-order valence-corrected chi connectivity index (χ3v) is 5.62. The number of amides is 1. The summed E-state index contributed by atoms with van der Waals surface area (Å²) in [5.41, 5.74) is 2.93. The van der Waals surface area contributed by atoms with Crippen molar-refractivity contribution in [2.45, 2.75) is 32.9 Å². The Labute approximate surface area is 142 Å². The average Bonchev–Trinajstić information content (AvgIpc) is 3.09. The van der Waals surface area contributed by atoms with Crippen molar-refractivity contribution in [2.24, 2.45) is 5.92 Å². The standard InChI is InChI=1S/C19H24N2OS/c1-14(2)19(22)20-12-17(18-8-5-11-23-18)21-10-9-15-6-3-4-7-16(15)13-21/h3-8,11,14,17H,9-10,12-13H2,1-2H3,(H,20,22)/p+1/t17-/m1/s1. The maximum absolute atomic E-state index is 12.0. The third kappa shape index (κ3) is 3.82. The fourth-order valence-electron chi connectivity index (χ4n) is 3.24. The molecule has 1 unspecified atom stereocenters. The van der Waals surface area contributed by atoms with Crippen molar-refractivity contribution in [1.82, 2.24) is 5.32 Å². The van der Waals surface area contributed by atoms with Crippen LogP contribution in [-0.4, -0.2) is 19.0 Å². The number of benzene rings is 1. The Hall–Kier alpha value is -1.65. The molecule has 1 aromatic heterocycles. The summed E-state index contributed by atoms with van der Waals surface area (Å²) in [4.78, 5) is 14.9. The van der Waals surface area contributed by atoms with E-state index < -0.39 is 0 Å². The topological polar surface area (TPSA) is 33.5 Å². The molecule has 3 rings (SSSR count). The van der Waals surface area contributed by atoms with Crippen LogP contribution in [0.4, 0.5) is 0 Å². The molecule has 0 fully saturated rings. The van der Waals surface area contributed by atoms with Gasteiger partial charge in [0.05, 0.1) is 18.0 Å². The molecule has 1 aliphatic heterocycles. The van der Waals surface area contributed by atoms with E-state index in [0.717, 1.165) is 26.1 Å². The second kappa shape index (κ2) is 7.28. The first-order chi connectivity index (χ1) is 11.1. The number of hydrogen-bond acceptors (Lipinski definition) is 2. The van der Waals surface area contributed by atoms with Gasteiger partial charge in [0.15, 0.2) is 0 Å². The summed E-state index contributed by atoms with van der Waals surface area (Å²) in [6.07, 6.45) is 1.12. The van der Waals surface area contributed by atoms with E-state index in [1.807, 2.05) is 13.8 Å². The Morgan fingerprint density at radius 1 is 1.22 bits per heavy atom. The lowest BCUT2D eigenvalue weighted by Crippen LogP contribution is -3.12. The number of thiophene rings is 1. The van der Waals surface area contributed by atoms with Gasteiger partial charge in [-0.2, -0.15) is 0 Å². The summed E-state index contributed by atoms with van der Waals surface area (Å²) in [5, 5.41) is 5.27. The van der Waals surface area contributed by atoms with Gasteiger partial charge >= 0.3 is 0 Å². The van der Waals surface area contributed by atoms with Crippen LogP contribution in [0, 0.1) is 5.92 Å². The summed E-state index contributed by atoms with van der Waals surface area (Å²) in [7, 11) is 0. The zero-order chi connectivity index (χ0) is 16.2. The predicted octanol–water partition coefficient (Wildman–Crippen LogP) is 2.20. The van der Waals surface area contributed by atoms with Gasteiger partial charge in [0, 0.05) is 17.9 Å². The molecule has 2 heterocycles. The van der Waals surface area contributed by atoms with Crippen molar-refractivity contribution < 1.29 is 9.69 Å². The Morgan fingerprint density at radius 3 is 2.70 bits per heavy atom. The van der Waals surface area contributed by atoms with Crippen molar-refractivity contribution in [2.75, 3.05) is 13.1 Å². The molecule has 3 nitrogen and oxygen atoms in total. The van der Waals surface area contributed by atoms with Crippen molar-refractivity contribution >= 4 is 17.2 Å². The molecule has 23 heavy (non-hydrogen) atoms. The van der Waals surface area contributed by atoms with Gasteiger partial charge in [-0.25, -0.2) is 0 Å². The number of quaternary nitrogens is 1. The normalized spacial score (nSPS) is 18.5. The molecule has 1 aliphatic rings. The zero-order valence-corrected chi connectivity index (χ0v) is 14.7. The number of nitrogens with one attached hydrogen (secondary N) is 2. The molecule has 2 N–H and O–H groups in total. The lowest BCUT2D eigenvalue weighted by molar-refractivity contribution is -0.945. The lowest BCUT2D eigenvalue weighted by Gasteiger charge is -2.32. The lowest BCUT2D eigenvalue weighted by atomic mass is 9.98. The van der Waals surface area contributed by atoms with E-state index >= 15 is 0 Å². The third-order valence-electron chi connectivity index (χ3n) is 4.64. The molecule has 4 heteroatoms. The van der Waals surface area contributed by atoms with Crippen LogP contribution in [0.2, 0.25) is 0 Å². The number of rotatable bonds is 5. The van der Waals surface area contributed by atoms with E-state index in [2.05, 4.69) is 47.1 Å². The second-order valence-corrected chi connectivity index (χ2v) is 7.55. The molecule has 0 radical (unpaired) electrons. The van der Waals surface area contributed by atoms with E-state index in [4.69, 9.17) is 0 Å². The van der Waals surface area contributed by atoms with Gasteiger partial charge < -0.3 is 10.2 Å². The first-order valence-electron chi connectivity index (χ1n) is 8.37. The summed E-state index contributed by atoms with van der Waals surface area (Å²) in [6, 6.07) is 13.4. The summed E-state index contributed by atoms with van der Waals surface area (Å²) >= 11 is 1.79. The largest absolute Gasteiger partial charge is 0.349 e. The van der Waals surface area contributed by atoms with E-state index in [1.165, 1.54) is 16.0 Å². The molecule has 0 aliphatic carbocycles. The fraction of sp³-hybridized carbons (Fsp3) is 0.421. The number of carbonyl (C=O) groups is 1. The van der Waals surface area contributed by atoms with Gasteiger partial charge in [0.2, 0.25) is 5.91 Å². The molecule has 1 amide bonds. The minimum atomic E-state index is 0.0380. The predicted molar refractivity (Wildman–Crippen MR) is 94.6 cm³/mol. The highest BCUT2D eigenvalue weighted by Crippen LogP contribution is 2.19. The Balaban J connectivity index is 1.75.